The lowest BCUT2D eigenvalue weighted by molar-refractivity contribution is 1.19. The molecular formula is C14H13N. The third-order valence-electron chi connectivity index (χ3n) is 2.40. The maximum Gasteiger partial charge on any atom is 0.0250 e. The lowest BCUT2D eigenvalue weighted by Gasteiger charge is -2.01. The predicted octanol–water partition coefficient (Wildman–Crippen LogP) is 3.28. The predicted molar refractivity (Wildman–Crippen MR) is 63.6 cm³/mol. The van der Waals surface area contributed by atoms with Crippen LogP contribution in [-0.2, 0) is 6.42 Å². The zero-order valence-electron chi connectivity index (χ0n) is 8.48. The van der Waals surface area contributed by atoms with Crippen LogP contribution in [0.2, 0.25) is 0 Å². The Labute approximate surface area is 89.9 Å². The van der Waals surface area contributed by atoms with Crippen molar-refractivity contribution in [3.63, 3.8) is 0 Å². The highest BCUT2D eigenvalue weighted by atomic mass is 14.3. The van der Waals surface area contributed by atoms with Gasteiger partial charge in [-0.2, -0.15) is 0 Å². The van der Waals surface area contributed by atoms with Crippen molar-refractivity contribution >= 4 is 6.21 Å². The van der Waals surface area contributed by atoms with Gasteiger partial charge in [-0.05, 0) is 23.1 Å². The van der Waals surface area contributed by atoms with E-state index < -0.39 is 0 Å². The molecule has 2 aromatic rings. The molecule has 2 rings (SSSR count). The van der Waals surface area contributed by atoms with E-state index in [1.54, 1.807) is 0 Å². The van der Waals surface area contributed by atoms with Crippen LogP contribution < -0.4 is 0 Å². The van der Waals surface area contributed by atoms with Crippen molar-refractivity contribution in [1.82, 2.24) is 0 Å². The quantitative estimate of drug-likeness (QED) is 0.727. The molecule has 0 aliphatic heterocycles. The fourth-order valence-electron chi connectivity index (χ4n) is 1.56. The second kappa shape index (κ2) is 4.56. The van der Waals surface area contributed by atoms with Crippen LogP contribution in [0, 0.1) is 5.41 Å². The van der Waals surface area contributed by atoms with Gasteiger partial charge in [0.15, 0.2) is 0 Å². The van der Waals surface area contributed by atoms with Crippen molar-refractivity contribution in [3.8, 4) is 0 Å². The molecule has 0 unspecified atom stereocenters. The van der Waals surface area contributed by atoms with E-state index in [-0.39, 0.29) is 0 Å². The molecule has 0 saturated heterocycles. The summed E-state index contributed by atoms with van der Waals surface area (Å²) in [6, 6.07) is 18.5. The molecule has 0 aliphatic rings. The number of benzene rings is 2. The van der Waals surface area contributed by atoms with Crippen molar-refractivity contribution in [1.29, 1.82) is 5.41 Å². The molecule has 1 heteroatoms. The van der Waals surface area contributed by atoms with Gasteiger partial charge in [-0.15, -0.1) is 0 Å². The van der Waals surface area contributed by atoms with E-state index in [1.165, 1.54) is 17.3 Å². The summed E-state index contributed by atoms with van der Waals surface area (Å²) in [5.41, 5.74) is 3.55. The first-order chi connectivity index (χ1) is 7.38. The Morgan fingerprint density at radius 3 is 2.00 bits per heavy atom. The standard InChI is InChI=1S/C14H13N/c15-11-14-8-6-13(7-9-14)10-12-4-2-1-3-5-12/h1-9,11,15H,10H2. The van der Waals surface area contributed by atoms with E-state index in [9.17, 15) is 0 Å². The molecule has 0 fully saturated rings. The van der Waals surface area contributed by atoms with Crippen molar-refractivity contribution in [2.75, 3.05) is 0 Å². The van der Waals surface area contributed by atoms with Crippen molar-refractivity contribution in [2.45, 2.75) is 6.42 Å². The maximum atomic E-state index is 7.11. The monoisotopic (exact) mass is 195 g/mol. The van der Waals surface area contributed by atoms with Crippen molar-refractivity contribution in [2.24, 2.45) is 0 Å². The first kappa shape index (κ1) is 9.66. The lowest BCUT2D eigenvalue weighted by Crippen LogP contribution is -1.88. The molecule has 15 heavy (non-hydrogen) atoms. The van der Waals surface area contributed by atoms with E-state index >= 15 is 0 Å². The topological polar surface area (TPSA) is 23.9 Å². The number of nitrogens with one attached hydrogen (secondary N) is 1. The summed E-state index contributed by atoms with van der Waals surface area (Å²) in [6.07, 6.45) is 2.32. The Bertz CT molecular complexity index is 429. The van der Waals surface area contributed by atoms with E-state index in [1.807, 2.05) is 18.2 Å². The zero-order valence-corrected chi connectivity index (χ0v) is 8.48. The molecule has 0 aliphatic carbocycles. The van der Waals surface area contributed by atoms with Crippen LogP contribution in [0.25, 0.3) is 0 Å². The Balaban J connectivity index is 2.15. The van der Waals surface area contributed by atoms with Crippen LogP contribution >= 0.6 is 0 Å². The fraction of sp³-hybridized carbons (Fsp3) is 0.0714. The van der Waals surface area contributed by atoms with Gasteiger partial charge in [0.2, 0.25) is 0 Å². The van der Waals surface area contributed by atoms with Gasteiger partial charge < -0.3 is 5.41 Å². The molecule has 0 aromatic heterocycles. The van der Waals surface area contributed by atoms with Crippen LogP contribution in [0.4, 0.5) is 0 Å². The number of hydrogen-bond donors (Lipinski definition) is 1. The minimum Gasteiger partial charge on any atom is -0.308 e. The summed E-state index contributed by atoms with van der Waals surface area (Å²) in [7, 11) is 0. The van der Waals surface area contributed by atoms with Gasteiger partial charge in [-0.1, -0.05) is 54.6 Å². The molecular weight excluding hydrogens is 182 g/mol. The van der Waals surface area contributed by atoms with Gasteiger partial charge in [0, 0.05) is 6.21 Å². The van der Waals surface area contributed by atoms with Crippen LogP contribution in [0.1, 0.15) is 16.7 Å². The van der Waals surface area contributed by atoms with E-state index in [0.29, 0.717) is 0 Å². The Morgan fingerprint density at radius 1 is 0.800 bits per heavy atom. The average molecular weight is 195 g/mol. The van der Waals surface area contributed by atoms with Gasteiger partial charge in [0.1, 0.15) is 0 Å². The van der Waals surface area contributed by atoms with Gasteiger partial charge in [0.25, 0.3) is 0 Å². The molecule has 0 amide bonds. The summed E-state index contributed by atoms with van der Waals surface area (Å²) in [5.74, 6) is 0. The molecule has 0 radical (unpaired) electrons. The van der Waals surface area contributed by atoms with Crippen molar-refractivity contribution in [3.05, 3.63) is 71.3 Å². The maximum absolute atomic E-state index is 7.11. The van der Waals surface area contributed by atoms with E-state index in [4.69, 9.17) is 5.41 Å². The number of rotatable bonds is 3. The highest BCUT2D eigenvalue weighted by Crippen LogP contribution is 2.09. The second-order valence-corrected chi connectivity index (χ2v) is 3.55. The van der Waals surface area contributed by atoms with E-state index in [0.717, 1.165) is 12.0 Å². The molecule has 1 nitrogen and oxygen atoms in total. The summed E-state index contributed by atoms with van der Waals surface area (Å²) < 4.78 is 0. The van der Waals surface area contributed by atoms with Crippen molar-refractivity contribution < 1.29 is 0 Å². The SMILES string of the molecule is N=Cc1ccc(Cc2ccccc2)cc1. The van der Waals surface area contributed by atoms with Crippen LogP contribution in [0.15, 0.2) is 54.6 Å². The largest absolute Gasteiger partial charge is 0.308 e. The second-order valence-electron chi connectivity index (χ2n) is 3.55. The van der Waals surface area contributed by atoms with Gasteiger partial charge in [-0.25, -0.2) is 0 Å². The molecule has 0 heterocycles. The van der Waals surface area contributed by atoms with Gasteiger partial charge in [-0.3, -0.25) is 0 Å². The summed E-state index contributed by atoms with van der Waals surface area (Å²) in [4.78, 5) is 0. The Morgan fingerprint density at radius 2 is 1.40 bits per heavy atom. The first-order valence-electron chi connectivity index (χ1n) is 5.02. The lowest BCUT2D eigenvalue weighted by atomic mass is 10.0. The summed E-state index contributed by atoms with van der Waals surface area (Å²) in [5, 5.41) is 7.11. The molecule has 74 valence electrons. The smallest absolute Gasteiger partial charge is 0.0250 e. The Kier molecular flexibility index (Phi) is 2.93. The normalized spacial score (nSPS) is 9.87. The summed E-state index contributed by atoms with van der Waals surface area (Å²) in [6.45, 7) is 0. The molecule has 2 aromatic carbocycles. The fourth-order valence-corrected chi connectivity index (χ4v) is 1.56. The molecule has 0 bridgehead atoms. The van der Waals surface area contributed by atoms with Gasteiger partial charge in [0.05, 0.1) is 0 Å². The third-order valence-corrected chi connectivity index (χ3v) is 2.40. The molecule has 1 N–H and O–H groups in total. The zero-order chi connectivity index (χ0) is 10.5. The first-order valence-corrected chi connectivity index (χ1v) is 5.02. The Hall–Kier alpha value is -1.89. The summed E-state index contributed by atoms with van der Waals surface area (Å²) >= 11 is 0. The third kappa shape index (κ3) is 2.53. The minimum absolute atomic E-state index is 0.951. The minimum atomic E-state index is 0.951. The molecule has 0 atom stereocenters. The highest BCUT2D eigenvalue weighted by molar-refractivity contribution is 5.76. The van der Waals surface area contributed by atoms with Crippen LogP contribution in [0.3, 0.4) is 0 Å². The van der Waals surface area contributed by atoms with Gasteiger partial charge >= 0.3 is 0 Å². The molecule has 0 spiro atoms. The van der Waals surface area contributed by atoms with Crippen LogP contribution in [0.5, 0.6) is 0 Å². The van der Waals surface area contributed by atoms with E-state index in [2.05, 4.69) is 36.4 Å². The molecule has 0 saturated carbocycles. The highest BCUT2D eigenvalue weighted by Gasteiger charge is 1.95. The average Bonchev–Trinajstić information content (AvgIpc) is 2.31. The number of hydrogen-bond acceptors (Lipinski definition) is 1. The van der Waals surface area contributed by atoms with Crippen LogP contribution in [-0.4, -0.2) is 6.21 Å².